The van der Waals surface area contributed by atoms with Gasteiger partial charge in [-0.05, 0) is 42.4 Å². The van der Waals surface area contributed by atoms with Crippen LogP contribution in [0.4, 0.5) is 0 Å². The number of aliphatic hydroxyl groups is 1. The highest BCUT2D eigenvalue weighted by atomic mass is 16.5. The Morgan fingerprint density at radius 1 is 0.982 bits per heavy atom. The fourth-order valence-electron chi connectivity index (χ4n) is 5.29. The van der Waals surface area contributed by atoms with Gasteiger partial charge in [-0.15, -0.1) is 0 Å². The van der Waals surface area contributed by atoms with Gasteiger partial charge in [-0.3, -0.25) is 33.6 Å². The number of rotatable bonds is 20. The molecule has 1 heterocycles. The molecule has 15 nitrogen and oxygen atoms in total. The SMILES string of the molecule is C=C(/C=C\C=C(/C)OCCCO)CC(=O)NC(C(=O)N1CCCC1C(=O)NCC(=O)C(=O)NCC(=O)NC(C(=O)N(C)C)c1ccccc1)C(C)(C)C.CCCC. The number of Topliss-reactive ketones (excluding diaryl/α,β-unsaturated/α-hetero) is 1. The molecular weight excluding hydrogens is 732 g/mol. The summed E-state index contributed by atoms with van der Waals surface area (Å²) in [6.07, 6.45) is 8.95. The van der Waals surface area contributed by atoms with Crippen molar-refractivity contribution in [1.29, 1.82) is 0 Å². The Morgan fingerprint density at radius 2 is 1.63 bits per heavy atom. The molecule has 0 saturated carbocycles. The second-order valence-corrected chi connectivity index (χ2v) is 14.9. The first-order valence-corrected chi connectivity index (χ1v) is 19.4. The van der Waals surface area contributed by atoms with Crippen LogP contribution in [-0.4, -0.2) is 115 Å². The number of likely N-dealkylation sites (N-methyl/N-ethyl adjacent to an activating group) is 1. The third kappa shape index (κ3) is 18.5. The lowest BCUT2D eigenvalue weighted by atomic mass is 9.85. The largest absolute Gasteiger partial charge is 0.498 e. The molecule has 0 aliphatic carbocycles. The van der Waals surface area contributed by atoms with Crippen LogP contribution in [-0.2, 0) is 38.3 Å². The van der Waals surface area contributed by atoms with Gasteiger partial charge >= 0.3 is 0 Å². The van der Waals surface area contributed by atoms with Crippen LogP contribution < -0.4 is 21.3 Å². The van der Waals surface area contributed by atoms with Gasteiger partial charge in [0.2, 0.25) is 35.3 Å². The molecule has 0 bridgehead atoms. The van der Waals surface area contributed by atoms with Crippen molar-refractivity contribution < 1.29 is 43.4 Å². The summed E-state index contributed by atoms with van der Waals surface area (Å²) in [7, 11) is 3.09. The van der Waals surface area contributed by atoms with E-state index in [0.717, 1.165) is 0 Å². The Balaban J connectivity index is 0.00000386. The number of carbonyl (C=O) groups is 7. The van der Waals surface area contributed by atoms with Crippen LogP contribution in [0.5, 0.6) is 0 Å². The Kier molecular flexibility index (Phi) is 22.5. The van der Waals surface area contributed by atoms with Crippen molar-refractivity contribution in [2.24, 2.45) is 5.41 Å². The van der Waals surface area contributed by atoms with Gasteiger partial charge in [0.25, 0.3) is 5.91 Å². The maximum atomic E-state index is 13.8. The molecule has 2 rings (SSSR count). The first-order chi connectivity index (χ1) is 26.9. The highest BCUT2D eigenvalue weighted by Crippen LogP contribution is 2.26. The number of unbranched alkanes of at least 4 members (excludes halogenated alkanes) is 1. The molecule has 0 spiro atoms. The first-order valence-electron chi connectivity index (χ1n) is 19.4. The normalized spacial score (nSPS) is 15.0. The monoisotopic (exact) mass is 796 g/mol. The molecule has 1 aromatic rings. The fraction of sp³-hybridized carbons (Fsp3) is 0.548. The topological polar surface area (TPSA) is 204 Å². The second kappa shape index (κ2) is 25.8. The minimum absolute atomic E-state index is 0.0326. The van der Waals surface area contributed by atoms with E-state index in [1.165, 1.54) is 22.6 Å². The van der Waals surface area contributed by atoms with Crippen LogP contribution >= 0.6 is 0 Å². The highest BCUT2D eigenvalue weighted by Gasteiger charge is 2.42. The molecule has 1 saturated heterocycles. The molecule has 0 aromatic heterocycles. The number of nitrogens with one attached hydrogen (secondary N) is 4. The Labute approximate surface area is 337 Å². The number of ketones is 1. The zero-order chi connectivity index (χ0) is 43.1. The van der Waals surface area contributed by atoms with Crippen LogP contribution in [0.25, 0.3) is 0 Å². The third-order valence-corrected chi connectivity index (χ3v) is 8.65. The van der Waals surface area contributed by atoms with Gasteiger partial charge in [0.1, 0.15) is 18.1 Å². The summed E-state index contributed by atoms with van der Waals surface area (Å²) >= 11 is 0. The summed E-state index contributed by atoms with van der Waals surface area (Å²) in [6, 6.07) is 5.64. The molecule has 1 aliphatic heterocycles. The lowest BCUT2D eigenvalue weighted by Crippen LogP contribution is -2.58. The zero-order valence-electron chi connectivity index (χ0n) is 34.9. The van der Waals surface area contributed by atoms with Crippen molar-refractivity contribution in [2.45, 2.75) is 98.2 Å². The molecule has 316 valence electrons. The maximum Gasteiger partial charge on any atom is 0.289 e. The quantitative estimate of drug-likeness (QED) is 0.0569. The molecule has 3 unspecified atom stereocenters. The predicted octanol–water partition coefficient (Wildman–Crippen LogP) is 2.87. The van der Waals surface area contributed by atoms with Crippen molar-refractivity contribution >= 4 is 41.2 Å². The second-order valence-electron chi connectivity index (χ2n) is 14.9. The van der Waals surface area contributed by atoms with Crippen molar-refractivity contribution in [2.75, 3.05) is 46.9 Å². The predicted molar refractivity (Wildman–Crippen MR) is 218 cm³/mol. The van der Waals surface area contributed by atoms with Crippen molar-refractivity contribution in [3.05, 3.63) is 72.0 Å². The molecule has 1 fully saturated rings. The van der Waals surface area contributed by atoms with Gasteiger partial charge < -0.3 is 40.9 Å². The van der Waals surface area contributed by atoms with E-state index in [4.69, 9.17) is 9.84 Å². The summed E-state index contributed by atoms with van der Waals surface area (Å²) in [5, 5.41) is 18.8. The van der Waals surface area contributed by atoms with Gasteiger partial charge in [-0.1, -0.05) is 96.5 Å². The van der Waals surface area contributed by atoms with E-state index < -0.39 is 71.9 Å². The number of likely N-dealkylation sites (tertiary alicyclic amines) is 1. The van der Waals surface area contributed by atoms with Crippen LogP contribution in [0.1, 0.15) is 91.7 Å². The summed E-state index contributed by atoms with van der Waals surface area (Å²) in [6.45, 7) is 14.8. The number of hydrogen-bond donors (Lipinski definition) is 5. The molecule has 1 aromatic carbocycles. The van der Waals surface area contributed by atoms with Gasteiger partial charge in [0.15, 0.2) is 0 Å². The lowest BCUT2D eigenvalue weighted by Gasteiger charge is -2.35. The average molecular weight is 797 g/mol. The lowest BCUT2D eigenvalue weighted by molar-refractivity contribution is -0.144. The zero-order valence-corrected chi connectivity index (χ0v) is 34.9. The third-order valence-electron chi connectivity index (χ3n) is 8.65. The van der Waals surface area contributed by atoms with Crippen LogP contribution in [0.15, 0.2) is 66.5 Å². The maximum absolute atomic E-state index is 13.8. The number of amides is 6. The highest BCUT2D eigenvalue weighted by molar-refractivity contribution is 6.37. The number of carbonyl (C=O) groups excluding carboxylic acids is 7. The number of benzene rings is 1. The van der Waals surface area contributed by atoms with Gasteiger partial charge in [0, 0.05) is 33.7 Å². The van der Waals surface area contributed by atoms with Crippen LogP contribution in [0, 0.1) is 5.41 Å². The fourth-order valence-corrected chi connectivity index (χ4v) is 5.29. The van der Waals surface area contributed by atoms with Crippen LogP contribution in [0.3, 0.4) is 0 Å². The number of nitrogens with zero attached hydrogens (tertiary/aromatic N) is 2. The van der Waals surface area contributed by atoms with Gasteiger partial charge in [0.05, 0.1) is 31.9 Å². The van der Waals surface area contributed by atoms with Crippen LogP contribution in [0.2, 0.25) is 0 Å². The van der Waals surface area contributed by atoms with E-state index in [9.17, 15) is 33.6 Å². The van der Waals surface area contributed by atoms with Crippen molar-refractivity contribution in [3.63, 3.8) is 0 Å². The van der Waals surface area contributed by atoms with E-state index >= 15 is 0 Å². The molecule has 57 heavy (non-hydrogen) atoms. The summed E-state index contributed by atoms with van der Waals surface area (Å²) in [5.41, 5.74) is 0.308. The Bertz CT molecular complexity index is 1580. The molecule has 3 atom stereocenters. The Morgan fingerprint density at radius 3 is 2.21 bits per heavy atom. The number of aliphatic hydroxyl groups excluding tert-OH is 1. The number of hydrogen-bond acceptors (Lipinski definition) is 9. The Hall–Kier alpha value is -5.31. The van der Waals surface area contributed by atoms with E-state index in [-0.39, 0.29) is 25.5 Å². The van der Waals surface area contributed by atoms with Crippen molar-refractivity contribution in [3.8, 4) is 0 Å². The summed E-state index contributed by atoms with van der Waals surface area (Å²) in [4.78, 5) is 92.9. The molecule has 5 N–H and O–H groups in total. The minimum Gasteiger partial charge on any atom is -0.498 e. The molecular formula is C42H64N6O9. The van der Waals surface area contributed by atoms with Crippen molar-refractivity contribution in [1.82, 2.24) is 31.1 Å². The molecule has 0 radical (unpaired) electrons. The van der Waals surface area contributed by atoms with E-state index in [0.29, 0.717) is 42.8 Å². The summed E-state index contributed by atoms with van der Waals surface area (Å²) < 4.78 is 5.44. The number of allylic oxidation sites excluding steroid dienone is 4. The standard InChI is InChI=1S/C38H54N6O9.C4H10/c1-25(14-11-15-26(2)53-21-13-20-45)22-30(47)42-33(38(3,4)5)37(52)44-19-12-18-28(44)34(49)39-23-29(46)35(50)40-24-31(48)41-32(36(51)43(6)7)27-16-9-8-10-17-27;1-3-4-2/h8-11,14-17,28,32-33,45H,1,12-13,18-24H2,2-7H3,(H,39,49)(H,40,50)(H,41,48)(H,42,47);3-4H2,1-2H3/b14-11-,26-15+;. The van der Waals surface area contributed by atoms with Gasteiger partial charge in [-0.2, -0.15) is 0 Å². The van der Waals surface area contributed by atoms with Gasteiger partial charge in [-0.25, -0.2) is 0 Å². The molecule has 15 heteroatoms. The van der Waals surface area contributed by atoms with E-state index in [1.54, 1.807) is 90.4 Å². The smallest absolute Gasteiger partial charge is 0.289 e. The molecule has 6 amide bonds. The summed E-state index contributed by atoms with van der Waals surface area (Å²) in [5.74, 6) is -4.11. The average Bonchev–Trinajstić information content (AvgIpc) is 3.67. The minimum atomic E-state index is -1.11. The first kappa shape index (κ1) is 49.7. The molecule has 1 aliphatic rings. The van der Waals surface area contributed by atoms with E-state index in [2.05, 4.69) is 41.7 Å². The number of ether oxygens (including phenoxy) is 1. The van der Waals surface area contributed by atoms with E-state index in [1.807, 2.05) is 0 Å².